The lowest BCUT2D eigenvalue weighted by Crippen LogP contribution is -2.39. The van der Waals surface area contributed by atoms with Gasteiger partial charge in [0.1, 0.15) is 5.01 Å². The van der Waals surface area contributed by atoms with Crippen LogP contribution in [0.5, 0.6) is 0 Å². The third-order valence-corrected chi connectivity index (χ3v) is 6.98. The summed E-state index contributed by atoms with van der Waals surface area (Å²) in [6.45, 7) is 2.60. The summed E-state index contributed by atoms with van der Waals surface area (Å²) in [5.41, 5.74) is 2.25. The van der Waals surface area contributed by atoms with Crippen LogP contribution in [0.1, 0.15) is 32.6 Å². The lowest BCUT2D eigenvalue weighted by atomic mass is 9.86. The lowest BCUT2D eigenvalue weighted by Gasteiger charge is -2.29. The van der Waals surface area contributed by atoms with Gasteiger partial charge in [0.25, 0.3) is 0 Å². The Morgan fingerprint density at radius 2 is 2.04 bits per heavy atom. The molecule has 0 amide bonds. The van der Waals surface area contributed by atoms with Crippen molar-refractivity contribution in [3.63, 3.8) is 0 Å². The number of aromatic nitrogens is 1. The third kappa shape index (κ3) is 5.26. The summed E-state index contributed by atoms with van der Waals surface area (Å²) in [6.07, 6.45) is 5.77. The van der Waals surface area contributed by atoms with E-state index in [0.717, 1.165) is 48.5 Å². The molecule has 0 spiro atoms. The Morgan fingerprint density at radius 1 is 1.24 bits per heavy atom. The minimum Gasteiger partial charge on any atom is -0.385 e. The van der Waals surface area contributed by atoms with Gasteiger partial charge in [0.05, 0.1) is 5.75 Å². The molecule has 1 aliphatic rings. The van der Waals surface area contributed by atoms with E-state index in [1.807, 2.05) is 11.6 Å². The highest BCUT2D eigenvalue weighted by atomic mass is 32.2. The summed E-state index contributed by atoms with van der Waals surface area (Å²) < 4.78 is 26.1. The minimum absolute atomic E-state index is 0.106. The maximum atomic E-state index is 11.7. The van der Waals surface area contributed by atoms with E-state index in [9.17, 15) is 8.42 Å². The van der Waals surface area contributed by atoms with E-state index in [2.05, 4.69) is 39.3 Å². The van der Waals surface area contributed by atoms with Gasteiger partial charge in [0.2, 0.25) is 10.0 Å². The Labute approximate surface area is 153 Å². The molecule has 25 heavy (non-hydrogen) atoms. The summed E-state index contributed by atoms with van der Waals surface area (Å²) in [4.78, 5) is 4.36. The zero-order valence-corrected chi connectivity index (χ0v) is 16.1. The number of anilines is 1. The molecule has 1 saturated carbocycles. The van der Waals surface area contributed by atoms with E-state index in [4.69, 9.17) is 0 Å². The molecule has 0 radical (unpaired) electrons. The van der Waals surface area contributed by atoms with Crippen molar-refractivity contribution in [1.29, 1.82) is 0 Å². The molecule has 1 aromatic heterocycles. The molecule has 136 valence electrons. The second-order valence-electron chi connectivity index (χ2n) is 6.54. The molecule has 5 nitrogen and oxygen atoms in total. The van der Waals surface area contributed by atoms with Crippen molar-refractivity contribution in [3.8, 4) is 10.6 Å². The summed E-state index contributed by atoms with van der Waals surface area (Å²) >= 11 is 1.64. The first-order valence-electron chi connectivity index (χ1n) is 8.79. The largest absolute Gasteiger partial charge is 0.385 e. The molecule has 1 aliphatic carbocycles. The average molecular weight is 380 g/mol. The molecule has 2 aromatic rings. The van der Waals surface area contributed by atoms with Crippen LogP contribution >= 0.6 is 11.3 Å². The summed E-state index contributed by atoms with van der Waals surface area (Å²) in [6, 6.07) is 8.46. The van der Waals surface area contributed by atoms with Gasteiger partial charge in [-0.2, -0.15) is 0 Å². The van der Waals surface area contributed by atoms with Crippen molar-refractivity contribution in [2.24, 2.45) is 5.92 Å². The van der Waals surface area contributed by atoms with E-state index < -0.39 is 10.0 Å². The zero-order valence-electron chi connectivity index (χ0n) is 14.4. The Balaban J connectivity index is 1.48. The molecule has 0 unspecified atom stereocenters. The Morgan fingerprint density at radius 3 is 2.72 bits per heavy atom. The van der Waals surface area contributed by atoms with Crippen LogP contribution in [0.15, 0.2) is 35.8 Å². The van der Waals surface area contributed by atoms with E-state index >= 15 is 0 Å². The molecular weight excluding hydrogens is 354 g/mol. The van der Waals surface area contributed by atoms with Gasteiger partial charge in [0, 0.05) is 35.4 Å². The molecular formula is C18H25N3O2S2. The van der Waals surface area contributed by atoms with Crippen LogP contribution in [0, 0.1) is 5.92 Å². The van der Waals surface area contributed by atoms with Gasteiger partial charge < -0.3 is 5.32 Å². The number of thiazole rings is 1. The molecule has 1 heterocycles. The number of nitrogens with zero attached hydrogens (tertiary/aromatic N) is 1. The topological polar surface area (TPSA) is 71.1 Å². The lowest BCUT2D eigenvalue weighted by molar-refractivity contribution is 0.324. The predicted octanol–water partition coefficient (Wildman–Crippen LogP) is 3.72. The van der Waals surface area contributed by atoms with Crippen LogP contribution < -0.4 is 10.0 Å². The highest BCUT2D eigenvalue weighted by Crippen LogP contribution is 2.27. The molecule has 7 heteroatoms. The van der Waals surface area contributed by atoms with Gasteiger partial charge >= 0.3 is 0 Å². The monoisotopic (exact) mass is 379 g/mol. The van der Waals surface area contributed by atoms with Crippen LogP contribution in [0.4, 0.5) is 5.69 Å². The van der Waals surface area contributed by atoms with Crippen molar-refractivity contribution in [2.45, 2.75) is 38.6 Å². The number of benzene rings is 1. The predicted molar refractivity (Wildman–Crippen MR) is 104 cm³/mol. The fraction of sp³-hybridized carbons (Fsp3) is 0.500. The fourth-order valence-corrected chi connectivity index (χ4v) is 4.76. The van der Waals surface area contributed by atoms with Gasteiger partial charge in [0.15, 0.2) is 0 Å². The van der Waals surface area contributed by atoms with Gasteiger partial charge in [-0.1, -0.05) is 12.1 Å². The molecule has 3 rings (SSSR count). The first-order chi connectivity index (χ1) is 12.1. The molecule has 0 atom stereocenters. The standard InChI is InChI=1S/C18H25N3O2S2/c1-2-25(22,23)21-16-8-6-14(7-9-16)13-20-17-5-3-4-15(12-17)18-19-10-11-24-18/h3-5,10-12,14,16,20-21H,2,6-9,13H2,1H3. The fourth-order valence-electron chi connectivity index (χ4n) is 3.21. The first-order valence-corrected chi connectivity index (χ1v) is 11.3. The van der Waals surface area contributed by atoms with Crippen LogP contribution in [0.25, 0.3) is 10.6 Å². The Kier molecular flexibility index (Phi) is 6.09. The summed E-state index contributed by atoms with van der Waals surface area (Å²) in [5.74, 6) is 0.745. The molecule has 0 saturated heterocycles. The van der Waals surface area contributed by atoms with Crippen LogP contribution in [0.2, 0.25) is 0 Å². The number of sulfonamides is 1. The molecule has 2 N–H and O–H groups in total. The van der Waals surface area contributed by atoms with Crippen molar-refractivity contribution in [2.75, 3.05) is 17.6 Å². The summed E-state index contributed by atoms with van der Waals surface area (Å²) in [7, 11) is -3.09. The van der Waals surface area contributed by atoms with Crippen LogP contribution in [0.3, 0.4) is 0 Å². The number of rotatable bonds is 7. The van der Waals surface area contributed by atoms with Gasteiger partial charge in [-0.3, -0.25) is 0 Å². The van der Waals surface area contributed by atoms with E-state index in [1.54, 1.807) is 18.3 Å². The molecule has 1 fully saturated rings. The maximum Gasteiger partial charge on any atom is 0.211 e. The van der Waals surface area contributed by atoms with Crippen LogP contribution in [-0.4, -0.2) is 31.7 Å². The van der Waals surface area contributed by atoms with Crippen molar-refractivity contribution >= 4 is 27.0 Å². The van der Waals surface area contributed by atoms with E-state index in [-0.39, 0.29) is 11.8 Å². The van der Waals surface area contributed by atoms with Crippen LogP contribution in [-0.2, 0) is 10.0 Å². The SMILES string of the molecule is CCS(=O)(=O)NC1CCC(CNc2cccc(-c3nccs3)c2)CC1. The quantitative estimate of drug-likeness (QED) is 0.769. The van der Waals surface area contributed by atoms with Crippen molar-refractivity contribution in [1.82, 2.24) is 9.71 Å². The maximum absolute atomic E-state index is 11.7. The molecule has 1 aromatic carbocycles. The van der Waals surface area contributed by atoms with Crippen molar-refractivity contribution in [3.05, 3.63) is 35.8 Å². The van der Waals surface area contributed by atoms with E-state index in [1.165, 1.54) is 0 Å². The number of hydrogen-bond donors (Lipinski definition) is 2. The van der Waals surface area contributed by atoms with Gasteiger partial charge in [-0.25, -0.2) is 18.1 Å². The highest BCUT2D eigenvalue weighted by Gasteiger charge is 2.23. The first kappa shape index (κ1) is 18.4. The van der Waals surface area contributed by atoms with Crippen molar-refractivity contribution < 1.29 is 8.42 Å². The third-order valence-electron chi connectivity index (χ3n) is 4.71. The van der Waals surface area contributed by atoms with E-state index in [0.29, 0.717) is 5.92 Å². The van der Waals surface area contributed by atoms with Gasteiger partial charge in [-0.05, 0) is 50.7 Å². The second-order valence-corrected chi connectivity index (χ2v) is 9.48. The minimum atomic E-state index is -3.09. The molecule has 0 bridgehead atoms. The van der Waals surface area contributed by atoms with Gasteiger partial charge in [-0.15, -0.1) is 11.3 Å². The number of hydrogen-bond acceptors (Lipinski definition) is 5. The Hall–Kier alpha value is -1.44. The molecule has 0 aliphatic heterocycles. The average Bonchev–Trinajstić information content (AvgIpc) is 3.16. The smallest absolute Gasteiger partial charge is 0.211 e. The highest BCUT2D eigenvalue weighted by molar-refractivity contribution is 7.89. The number of nitrogens with one attached hydrogen (secondary N) is 2. The Bertz CT molecular complexity index is 767. The second kappa shape index (κ2) is 8.29. The summed E-state index contributed by atoms with van der Waals surface area (Å²) in [5, 5.41) is 6.55. The zero-order chi connectivity index (χ0) is 17.7. The normalized spacial score (nSPS) is 21.2.